The number of aryl methyl sites for hydroxylation is 1. The molecule has 0 bridgehead atoms. The van der Waals surface area contributed by atoms with Gasteiger partial charge in [-0.25, -0.2) is 0 Å². The van der Waals surface area contributed by atoms with E-state index in [1.54, 1.807) is 42.5 Å². The molecule has 2 heterocycles. The van der Waals surface area contributed by atoms with Gasteiger partial charge in [0.1, 0.15) is 17.9 Å². The van der Waals surface area contributed by atoms with E-state index >= 15 is 0 Å². The van der Waals surface area contributed by atoms with E-state index < -0.39 is 29.1 Å². The second kappa shape index (κ2) is 9.72. The molecule has 1 amide bonds. The molecule has 5 aromatic rings. The maximum atomic E-state index is 13.8. The van der Waals surface area contributed by atoms with Crippen molar-refractivity contribution in [2.24, 2.45) is 0 Å². The molecule has 40 heavy (non-hydrogen) atoms. The zero-order valence-corrected chi connectivity index (χ0v) is 21.2. The first-order valence-corrected chi connectivity index (χ1v) is 12.6. The summed E-state index contributed by atoms with van der Waals surface area (Å²) in [7, 11) is 0. The summed E-state index contributed by atoms with van der Waals surface area (Å²) in [6, 6.07) is 25.0. The van der Waals surface area contributed by atoms with Crippen LogP contribution in [0.1, 0.15) is 44.4 Å². The summed E-state index contributed by atoms with van der Waals surface area (Å²) >= 11 is 0. The fourth-order valence-corrected chi connectivity index (χ4v) is 4.99. The Morgan fingerprint density at radius 2 is 1.62 bits per heavy atom. The van der Waals surface area contributed by atoms with Crippen LogP contribution in [0.5, 0.6) is 5.75 Å². The summed E-state index contributed by atoms with van der Waals surface area (Å²) in [6.07, 6.45) is -4.61. The number of hydrogen-bond acceptors (Lipinski definition) is 4. The van der Waals surface area contributed by atoms with Crippen molar-refractivity contribution in [3.05, 3.63) is 141 Å². The first-order chi connectivity index (χ1) is 19.2. The Labute approximate surface area is 227 Å². The standard InChI is InChI=1S/C32H22F3NO4/c1-19-10-15-26-25(16-19)29(37)27-28(21-11-13-24(14-12-21)39-18-20-6-3-2-4-7-20)36(31(38)30(27)40-26)23-9-5-8-22(17-23)32(33,34)35/h2-17,28H,18H2,1H3. The van der Waals surface area contributed by atoms with E-state index in [0.29, 0.717) is 23.3 Å². The molecule has 200 valence electrons. The smallest absolute Gasteiger partial charge is 0.416 e. The van der Waals surface area contributed by atoms with Crippen LogP contribution in [0, 0.1) is 6.92 Å². The Kier molecular flexibility index (Phi) is 6.18. The van der Waals surface area contributed by atoms with Gasteiger partial charge in [0.15, 0.2) is 5.43 Å². The van der Waals surface area contributed by atoms with Gasteiger partial charge in [-0.2, -0.15) is 13.2 Å². The molecule has 0 saturated carbocycles. The monoisotopic (exact) mass is 541 g/mol. The van der Waals surface area contributed by atoms with Gasteiger partial charge in [0.2, 0.25) is 5.76 Å². The predicted octanol–water partition coefficient (Wildman–Crippen LogP) is 7.45. The molecule has 0 fully saturated rings. The number of halogens is 3. The van der Waals surface area contributed by atoms with Crippen LogP contribution < -0.4 is 15.1 Å². The number of anilines is 1. The lowest BCUT2D eigenvalue weighted by Crippen LogP contribution is -2.29. The van der Waals surface area contributed by atoms with Crippen molar-refractivity contribution in [1.82, 2.24) is 0 Å². The van der Waals surface area contributed by atoms with Crippen LogP contribution in [-0.4, -0.2) is 5.91 Å². The van der Waals surface area contributed by atoms with Crippen LogP contribution in [0.4, 0.5) is 18.9 Å². The Bertz CT molecular complexity index is 1790. The molecule has 0 saturated heterocycles. The summed E-state index contributed by atoms with van der Waals surface area (Å²) in [5, 5.41) is 0.297. The van der Waals surface area contributed by atoms with Gasteiger partial charge in [-0.3, -0.25) is 14.5 Å². The number of fused-ring (bicyclic) bond motifs is 2. The van der Waals surface area contributed by atoms with Gasteiger partial charge in [0.25, 0.3) is 5.91 Å². The van der Waals surface area contributed by atoms with Crippen molar-refractivity contribution in [1.29, 1.82) is 0 Å². The minimum Gasteiger partial charge on any atom is -0.489 e. The molecule has 1 unspecified atom stereocenters. The van der Waals surface area contributed by atoms with E-state index in [9.17, 15) is 22.8 Å². The molecule has 1 atom stereocenters. The summed E-state index contributed by atoms with van der Waals surface area (Å²) in [5.74, 6) is -0.319. The van der Waals surface area contributed by atoms with E-state index in [1.807, 2.05) is 37.3 Å². The van der Waals surface area contributed by atoms with Crippen molar-refractivity contribution in [3.8, 4) is 5.75 Å². The van der Waals surface area contributed by atoms with Gasteiger partial charge >= 0.3 is 6.18 Å². The van der Waals surface area contributed by atoms with Gasteiger partial charge in [-0.1, -0.05) is 60.2 Å². The normalized spacial score (nSPS) is 14.9. The average Bonchev–Trinajstić information content (AvgIpc) is 3.25. The fraction of sp³-hybridized carbons (Fsp3) is 0.125. The zero-order chi connectivity index (χ0) is 28.0. The molecule has 0 aliphatic carbocycles. The fourth-order valence-electron chi connectivity index (χ4n) is 4.99. The molecule has 1 aromatic heterocycles. The van der Waals surface area contributed by atoms with E-state index in [4.69, 9.17) is 9.15 Å². The van der Waals surface area contributed by atoms with Gasteiger partial charge in [0, 0.05) is 5.69 Å². The highest BCUT2D eigenvalue weighted by Gasteiger charge is 2.44. The minimum atomic E-state index is -4.61. The summed E-state index contributed by atoms with van der Waals surface area (Å²) in [5.41, 5.74) is 1.34. The molecule has 0 radical (unpaired) electrons. The van der Waals surface area contributed by atoms with E-state index in [1.165, 1.54) is 17.0 Å². The SMILES string of the molecule is Cc1ccc2oc3c(c(=O)c2c1)C(c1ccc(OCc2ccccc2)cc1)N(c1cccc(C(F)(F)F)c1)C3=O. The maximum Gasteiger partial charge on any atom is 0.416 e. The largest absolute Gasteiger partial charge is 0.489 e. The predicted molar refractivity (Wildman–Crippen MR) is 145 cm³/mol. The molecule has 1 aliphatic rings. The lowest BCUT2D eigenvalue weighted by molar-refractivity contribution is -0.137. The van der Waals surface area contributed by atoms with E-state index in [-0.39, 0.29) is 22.6 Å². The van der Waals surface area contributed by atoms with Crippen molar-refractivity contribution in [2.75, 3.05) is 4.90 Å². The molecule has 6 rings (SSSR count). The molecule has 1 aliphatic heterocycles. The number of ether oxygens (including phenoxy) is 1. The number of carbonyl (C=O) groups excluding carboxylic acids is 1. The van der Waals surface area contributed by atoms with E-state index in [0.717, 1.165) is 23.3 Å². The first kappa shape index (κ1) is 25.4. The molecule has 4 aromatic carbocycles. The topological polar surface area (TPSA) is 59.8 Å². The second-order valence-electron chi connectivity index (χ2n) is 9.64. The number of benzene rings is 4. The number of alkyl halides is 3. The van der Waals surface area contributed by atoms with Crippen LogP contribution in [0.25, 0.3) is 11.0 Å². The highest BCUT2D eigenvalue weighted by atomic mass is 19.4. The Hall–Kier alpha value is -4.85. The third-order valence-electron chi connectivity index (χ3n) is 6.92. The lowest BCUT2D eigenvalue weighted by Gasteiger charge is -2.26. The average molecular weight is 542 g/mol. The Balaban J connectivity index is 1.46. The van der Waals surface area contributed by atoms with Crippen molar-refractivity contribution in [3.63, 3.8) is 0 Å². The third kappa shape index (κ3) is 4.51. The van der Waals surface area contributed by atoms with E-state index in [2.05, 4.69) is 0 Å². The van der Waals surface area contributed by atoms with Crippen molar-refractivity contribution < 1.29 is 27.1 Å². The highest BCUT2D eigenvalue weighted by molar-refractivity contribution is 6.10. The van der Waals surface area contributed by atoms with Gasteiger partial charge in [0.05, 0.1) is 22.6 Å². The van der Waals surface area contributed by atoms with Crippen LogP contribution in [-0.2, 0) is 12.8 Å². The van der Waals surface area contributed by atoms with Gasteiger partial charge in [-0.05, 0) is 60.5 Å². The first-order valence-electron chi connectivity index (χ1n) is 12.6. The summed E-state index contributed by atoms with van der Waals surface area (Å²) in [4.78, 5) is 28.7. The number of nitrogens with zero attached hydrogens (tertiary/aromatic N) is 1. The molecule has 5 nitrogen and oxygen atoms in total. The second-order valence-corrected chi connectivity index (χ2v) is 9.64. The summed E-state index contributed by atoms with van der Waals surface area (Å²) < 4.78 is 52.5. The molecule has 0 N–H and O–H groups in total. The molecular weight excluding hydrogens is 519 g/mol. The Morgan fingerprint density at radius 1 is 0.875 bits per heavy atom. The lowest BCUT2D eigenvalue weighted by atomic mass is 9.97. The van der Waals surface area contributed by atoms with Crippen molar-refractivity contribution in [2.45, 2.75) is 25.7 Å². The number of rotatable bonds is 5. The zero-order valence-electron chi connectivity index (χ0n) is 21.2. The molecule has 8 heteroatoms. The molecular formula is C32H22F3NO4. The maximum absolute atomic E-state index is 13.8. The summed E-state index contributed by atoms with van der Waals surface area (Å²) in [6.45, 7) is 2.17. The number of hydrogen-bond donors (Lipinski definition) is 0. The third-order valence-corrected chi connectivity index (χ3v) is 6.92. The quantitative estimate of drug-likeness (QED) is 0.232. The number of carbonyl (C=O) groups is 1. The highest BCUT2D eigenvalue weighted by Crippen LogP contribution is 2.43. The molecule has 0 spiro atoms. The van der Waals surface area contributed by atoms with Crippen LogP contribution >= 0.6 is 0 Å². The van der Waals surface area contributed by atoms with Gasteiger partial charge in [-0.15, -0.1) is 0 Å². The van der Waals surface area contributed by atoms with Gasteiger partial charge < -0.3 is 9.15 Å². The van der Waals surface area contributed by atoms with Crippen LogP contribution in [0.3, 0.4) is 0 Å². The minimum absolute atomic E-state index is 0.000246. The van der Waals surface area contributed by atoms with Crippen LogP contribution in [0.15, 0.2) is 106 Å². The van der Waals surface area contributed by atoms with Crippen molar-refractivity contribution >= 4 is 22.6 Å². The number of amides is 1. The van der Waals surface area contributed by atoms with Crippen LogP contribution in [0.2, 0.25) is 0 Å². The Morgan fingerprint density at radius 3 is 2.35 bits per heavy atom.